The lowest BCUT2D eigenvalue weighted by molar-refractivity contribution is 0.0317. The van der Waals surface area contributed by atoms with Crippen LogP contribution < -0.4 is 5.73 Å². The van der Waals surface area contributed by atoms with Crippen molar-refractivity contribution < 1.29 is 5.11 Å². The number of aliphatic hydroxyl groups excluding tert-OH is 1. The molecule has 2 atom stereocenters. The Morgan fingerprint density at radius 2 is 1.74 bits per heavy atom. The largest absolute Gasteiger partial charge is 0.395 e. The molecule has 1 aliphatic carbocycles. The summed E-state index contributed by atoms with van der Waals surface area (Å²) >= 11 is 0. The highest BCUT2D eigenvalue weighted by molar-refractivity contribution is 4.92. The van der Waals surface area contributed by atoms with Crippen molar-refractivity contribution in [3.05, 3.63) is 0 Å². The summed E-state index contributed by atoms with van der Waals surface area (Å²) in [5.41, 5.74) is 6.39. The van der Waals surface area contributed by atoms with Crippen LogP contribution in [0.4, 0.5) is 0 Å². The molecule has 3 N–H and O–H groups in total. The zero-order valence-corrected chi connectivity index (χ0v) is 12.8. The molecule has 4 nitrogen and oxygen atoms in total. The van der Waals surface area contributed by atoms with Crippen molar-refractivity contribution >= 4 is 0 Å². The van der Waals surface area contributed by atoms with Crippen molar-refractivity contribution in [1.82, 2.24) is 9.80 Å². The third kappa shape index (κ3) is 4.15. The van der Waals surface area contributed by atoms with E-state index in [0.717, 1.165) is 32.1 Å². The summed E-state index contributed by atoms with van der Waals surface area (Å²) in [6, 6.07) is 0.121. The predicted molar refractivity (Wildman–Crippen MR) is 79.0 cm³/mol. The van der Waals surface area contributed by atoms with Crippen molar-refractivity contribution in [2.24, 2.45) is 17.1 Å². The van der Waals surface area contributed by atoms with Crippen LogP contribution >= 0.6 is 0 Å². The average Bonchev–Trinajstić information content (AvgIpc) is 3.15. The lowest BCUT2D eigenvalue weighted by Gasteiger charge is -2.44. The van der Waals surface area contributed by atoms with Gasteiger partial charge < -0.3 is 15.7 Å². The second-order valence-electron chi connectivity index (χ2n) is 7.42. The first-order valence-electron chi connectivity index (χ1n) is 7.74. The number of hydrogen-bond donors (Lipinski definition) is 2. The van der Waals surface area contributed by atoms with Crippen LogP contribution in [-0.2, 0) is 0 Å². The summed E-state index contributed by atoms with van der Waals surface area (Å²) in [5, 5.41) is 9.70. The van der Waals surface area contributed by atoms with E-state index in [-0.39, 0.29) is 24.1 Å². The highest BCUT2D eigenvalue weighted by atomic mass is 16.3. The number of hydrogen-bond acceptors (Lipinski definition) is 4. The molecular formula is C15H31N3O. The summed E-state index contributed by atoms with van der Waals surface area (Å²) in [7, 11) is 0. The van der Waals surface area contributed by atoms with Crippen LogP contribution in [0.2, 0.25) is 0 Å². The maximum Gasteiger partial charge on any atom is 0.0602 e. The molecule has 1 heterocycles. The molecule has 0 aromatic carbocycles. The minimum absolute atomic E-state index is 0.0208. The smallest absolute Gasteiger partial charge is 0.0602 e. The van der Waals surface area contributed by atoms with Gasteiger partial charge >= 0.3 is 0 Å². The van der Waals surface area contributed by atoms with Crippen LogP contribution in [-0.4, -0.2) is 66.3 Å². The van der Waals surface area contributed by atoms with Crippen molar-refractivity contribution in [2.75, 3.05) is 39.3 Å². The van der Waals surface area contributed by atoms with E-state index in [1.807, 2.05) is 0 Å². The molecule has 4 heteroatoms. The second-order valence-corrected chi connectivity index (χ2v) is 7.42. The fraction of sp³-hybridized carbons (Fsp3) is 1.00. The number of nitrogens with zero attached hydrogens (tertiary/aromatic N) is 2. The second kappa shape index (κ2) is 6.08. The van der Waals surface area contributed by atoms with Gasteiger partial charge in [0.2, 0.25) is 0 Å². The van der Waals surface area contributed by atoms with Gasteiger partial charge in [0.05, 0.1) is 6.61 Å². The summed E-state index contributed by atoms with van der Waals surface area (Å²) in [4.78, 5) is 4.96. The van der Waals surface area contributed by atoms with E-state index >= 15 is 0 Å². The van der Waals surface area contributed by atoms with Gasteiger partial charge in [0.15, 0.2) is 0 Å². The van der Waals surface area contributed by atoms with E-state index in [4.69, 9.17) is 5.73 Å². The monoisotopic (exact) mass is 269 g/mol. The van der Waals surface area contributed by atoms with Crippen LogP contribution in [0.1, 0.15) is 33.6 Å². The normalized spacial score (nSPS) is 26.4. The highest BCUT2D eigenvalue weighted by Crippen LogP contribution is 2.30. The Hall–Kier alpha value is -0.160. The number of aliphatic hydroxyl groups is 1. The molecule has 0 aromatic rings. The van der Waals surface area contributed by atoms with Crippen LogP contribution in [0.15, 0.2) is 0 Å². The minimum Gasteiger partial charge on any atom is -0.395 e. The van der Waals surface area contributed by atoms with Crippen molar-refractivity contribution in [2.45, 2.75) is 45.7 Å². The Morgan fingerprint density at radius 1 is 1.16 bits per heavy atom. The molecule has 0 aromatic heterocycles. The maximum absolute atomic E-state index is 9.70. The molecule has 2 aliphatic rings. The zero-order valence-electron chi connectivity index (χ0n) is 12.8. The number of piperazine rings is 1. The van der Waals surface area contributed by atoms with Gasteiger partial charge in [-0.1, -0.05) is 20.8 Å². The Morgan fingerprint density at radius 3 is 2.16 bits per heavy atom. The van der Waals surface area contributed by atoms with E-state index < -0.39 is 0 Å². The molecule has 2 unspecified atom stereocenters. The Balaban J connectivity index is 1.83. The first-order valence-corrected chi connectivity index (χ1v) is 7.74. The molecule has 1 saturated carbocycles. The summed E-state index contributed by atoms with van der Waals surface area (Å²) in [5.74, 6) is 0.969. The van der Waals surface area contributed by atoms with Crippen LogP contribution in [0, 0.1) is 11.3 Å². The van der Waals surface area contributed by atoms with Crippen LogP contribution in [0.3, 0.4) is 0 Å². The lowest BCUT2D eigenvalue weighted by Crippen LogP contribution is -2.60. The summed E-state index contributed by atoms with van der Waals surface area (Å²) in [6.45, 7) is 12.3. The van der Waals surface area contributed by atoms with Crippen molar-refractivity contribution in [3.63, 3.8) is 0 Å². The van der Waals surface area contributed by atoms with E-state index in [0.29, 0.717) is 0 Å². The quantitative estimate of drug-likeness (QED) is 0.773. The van der Waals surface area contributed by atoms with E-state index in [1.54, 1.807) is 0 Å². The summed E-state index contributed by atoms with van der Waals surface area (Å²) in [6.07, 6.45) is 2.85. The fourth-order valence-electron chi connectivity index (χ4n) is 2.98. The lowest BCUT2D eigenvalue weighted by atomic mass is 9.82. The molecular weight excluding hydrogens is 238 g/mol. The molecule has 0 amide bonds. The van der Waals surface area contributed by atoms with Gasteiger partial charge in [-0.2, -0.15) is 0 Å². The van der Waals surface area contributed by atoms with Gasteiger partial charge in [-0.3, -0.25) is 4.90 Å². The number of rotatable bonds is 5. The van der Waals surface area contributed by atoms with Gasteiger partial charge in [0.25, 0.3) is 0 Å². The first-order chi connectivity index (χ1) is 8.91. The number of nitrogens with two attached hydrogens (primary N) is 1. The van der Waals surface area contributed by atoms with Gasteiger partial charge in [-0.25, -0.2) is 0 Å². The van der Waals surface area contributed by atoms with Crippen LogP contribution in [0.5, 0.6) is 0 Å². The maximum atomic E-state index is 9.70. The van der Waals surface area contributed by atoms with Gasteiger partial charge in [0, 0.05) is 44.8 Å². The van der Waals surface area contributed by atoms with E-state index in [2.05, 4.69) is 30.6 Å². The van der Waals surface area contributed by atoms with Crippen LogP contribution in [0.25, 0.3) is 0 Å². The standard InChI is InChI=1S/C15H31N3O/c1-15(2,3)14(16)13(11-19)18-8-6-17(7-9-18)10-12-4-5-12/h12-14,19H,4-11,16H2,1-3H3. The molecule has 2 fully saturated rings. The molecule has 2 rings (SSSR count). The highest BCUT2D eigenvalue weighted by Gasteiger charge is 2.34. The minimum atomic E-state index is 0.0208. The average molecular weight is 269 g/mol. The predicted octanol–water partition coefficient (Wildman–Crippen LogP) is 0.748. The van der Waals surface area contributed by atoms with E-state index in [1.165, 1.54) is 19.4 Å². The Kier molecular flexibility index (Phi) is 4.88. The Labute approximate surface area is 117 Å². The molecule has 19 heavy (non-hydrogen) atoms. The molecule has 0 radical (unpaired) electrons. The zero-order chi connectivity index (χ0) is 14.0. The Bertz CT molecular complexity index is 278. The summed E-state index contributed by atoms with van der Waals surface area (Å²) < 4.78 is 0. The molecule has 1 saturated heterocycles. The molecule has 0 bridgehead atoms. The van der Waals surface area contributed by atoms with Gasteiger partial charge in [-0.05, 0) is 24.2 Å². The third-order valence-corrected chi connectivity index (χ3v) is 4.69. The topological polar surface area (TPSA) is 52.7 Å². The van der Waals surface area contributed by atoms with Gasteiger partial charge in [0.1, 0.15) is 0 Å². The van der Waals surface area contributed by atoms with E-state index in [9.17, 15) is 5.11 Å². The first kappa shape index (κ1) is 15.2. The molecule has 0 spiro atoms. The van der Waals surface area contributed by atoms with Crippen molar-refractivity contribution in [1.29, 1.82) is 0 Å². The van der Waals surface area contributed by atoms with Gasteiger partial charge in [-0.15, -0.1) is 0 Å². The SMILES string of the molecule is CC(C)(C)C(N)C(CO)N1CCN(CC2CC2)CC1. The third-order valence-electron chi connectivity index (χ3n) is 4.69. The molecule has 112 valence electrons. The van der Waals surface area contributed by atoms with Crippen molar-refractivity contribution in [3.8, 4) is 0 Å². The fourth-order valence-corrected chi connectivity index (χ4v) is 2.98. The molecule has 1 aliphatic heterocycles.